The Kier molecular flexibility index (Phi) is 6.17. The summed E-state index contributed by atoms with van der Waals surface area (Å²) in [6.07, 6.45) is 1.79. The van der Waals surface area contributed by atoms with Gasteiger partial charge in [0.15, 0.2) is 0 Å². The summed E-state index contributed by atoms with van der Waals surface area (Å²) in [7, 11) is 0. The molecule has 2 N–H and O–H groups in total. The molecule has 124 valence electrons. The van der Waals surface area contributed by atoms with E-state index in [1.165, 1.54) is 17.2 Å². The van der Waals surface area contributed by atoms with Crippen molar-refractivity contribution in [1.29, 1.82) is 0 Å². The van der Waals surface area contributed by atoms with Gasteiger partial charge in [-0.3, -0.25) is 0 Å². The predicted molar refractivity (Wildman–Crippen MR) is 93.6 cm³/mol. The lowest BCUT2D eigenvalue weighted by Crippen LogP contribution is -2.14. The normalized spacial score (nSPS) is 12.2. The molecule has 0 aliphatic heterocycles. The standard InChI is InChI=1S/C20H26FNO/c1-14-10-16(3)20(11-15(14)2)23-9-5-7-18(13-22)17-6-4-8-19(21)12-17/h4,6,8,10-12,18H,5,7,9,13,22H2,1-3H3. The minimum Gasteiger partial charge on any atom is -0.493 e. The van der Waals surface area contributed by atoms with E-state index in [0.29, 0.717) is 13.2 Å². The van der Waals surface area contributed by atoms with E-state index in [0.717, 1.165) is 29.7 Å². The highest BCUT2D eigenvalue weighted by Gasteiger charge is 2.11. The van der Waals surface area contributed by atoms with Gasteiger partial charge in [-0.05, 0) is 86.5 Å². The second-order valence-corrected chi connectivity index (χ2v) is 6.18. The van der Waals surface area contributed by atoms with Crippen LogP contribution in [-0.4, -0.2) is 13.2 Å². The topological polar surface area (TPSA) is 35.2 Å². The largest absolute Gasteiger partial charge is 0.493 e. The van der Waals surface area contributed by atoms with Crippen LogP contribution in [0.25, 0.3) is 0 Å². The SMILES string of the molecule is Cc1cc(C)c(OCCCC(CN)c2cccc(F)c2)cc1C. The van der Waals surface area contributed by atoms with Gasteiger partial charge in [-0.1, -0.05) is 18.2 Å². The van der Waals surface area contributed by atoms with Gasteiger partial charge in [-0.15, -0.1) is 0 Å². The van der Waals surface area contributed by atoms with Crippen molar-refractivity contribution >= 4 is 0 Å². The van der Waals surface area contributed by atoms with Crippen molar-refractivity contribution in [3.8, 4) is 5.75 Å². The van der Waals surface area contributed by atoms with Gasteiger partial charge in [-0.2, -0.15) is 0 Å². The molecular weight excluding hydrogens is 289 g/mol. The Bertz CT molecular complexity index is 654. The molecule has 0 saturated heterocycles. The molecule has 0 bridgehead atoms. The van der Waals surface area contributed by atoms with E-state index in [4.69, 9.17) is 10.5 Å². The van der Waals surface area contributed by atoms with Crippen molar-refractivity contribution in [3.05, 3.63) is 64.5 Å². The molecule has 0 fully saturated rings. The smallest absolute Gasteiger partial charge is 0.123 e. The molecule has 0 aliphatic rings. The second-order valence-electron chi connectivity index (χ2n) is 6.18. The lowest BCUT2D eigenvalue weighted by Gasteiger charge is -2.16. The Labute approximate surface area is 138 Å². The number of halogens is 1. The van der Waals surface area contributed by atoms with E-state index in [1.807, 2.05) is 6.07 Å². The predicted octanol–water partition coefficient (Wildman–Crippen LogP) is 4.65. The molecule has 0 heterocycles. The molecule has 2 nitrogen and oxygen atoms in total. The first kappa shape index (κ1) is 17.5. The van der Waals surface area contributed by atoms with Gasteiger partial charge in [-0.25, -0.2) is 4.39 Å². The fourth-order valence-electron chi connectivity index (χ4n) is 2.78. The van der Waals surface area contributed by atoms with E-state index < -0.39 is 0 Å². The first-order valence-electron chi connectivity index (χ1n) is 8.17. The number of aryl methyl sites for hydroxylation is 3. The van der Waals surface area contributed by atoms with E-state index >= 15 is 0 Å². The number of nitrogens with two attached hydrogens (primary N) is 1. The molecule has 1 unspecified atom stereocenters. The Morgan fingerprint density at radius 1 is 1.04 bits per heavy atom. The summed E-state index contributed by atoms with van der Waals surface area (Å²) >= 11 is 0. The van der Waals surface area contributed by atoms with E-state index in [-0.39, 0.29) is 11.7 Å². The van der Waals surface area contributed by atoms with Crippen LogP contribution in [0.1, 0.15) is 41.0 Å². The van der Waals surface area contributed by atoms with Crippen LogP contribution >= 0.6 is 0 Å². The second kappa shape index (κ2) is 8.11. The van der Waals surface area contributed by atoms with Crippen molar-refractivity contribution < 1.29 is 9.13 Å². The van der Waals surface area contributed by atoms with Crippen LogP contribution in [0.2, 0.25) is 0 Å². The van der Waals surface area contributed by atoms with Gasteiger partial charge < -0.3 is 10.5 Å². The van der Waals surface area contributed by atoms with E-state index in [1.54, 1.807) is 12.1 Å². The highest BCUT2D eigenvalue weighted by Crippen LogP contribution is 2.24. The van der Waals surface area contributed by atoms with Crippen molar-refractivity contribution in [2.75, 3.05) is 13.2 Å². The first-order chi connectivity index (χ1) is 11.0. The lowest BCUT2D eigenvalue weighted by atomic mass is 9.94. The fourth-order valence-corrected chi connectivity index (χ4v) is 2.78. The minimum atomic E-state index is -0.206. The third-order valence-corrected chi connectivity index (χ3v) is 4.35. The monoisotopic (exact) mass is 315 g/mol. The van der Waals surface area contributed by atoms with Crippen molar-refractivity contribution in [1.82, 2.24) is 0 Å². The van der Waals surface area contributed by atoms with Crippen molar-refractivity contribution in [2.45, 2.75) is 39.5 Å². The molecule has 0 saturated carbocycles. The Morgan fingerprint density at radius 2 is 1.78 bits per heavy atom. The molecule has 2 aromatic rings. The highest BCUT2D eigenvalue weighted by atomic mass is 19.1. The zero-order valence-electron chi connectivity index (χ0n) is 14.2. The third kappa shape index (κ3) is 4.80. The summed E-state index contributed by atoms with van der Waals surface area (Å²) in [5.74, 6) is 0.918. The molecule has 23 heavy (non-hydrogen) atoms. The minimum absolute atomic E-state index is 0.176. The van der Waals surface area contributed by atoms with Crippen molar-refractivity contribution in [2.24, 2.45) is 5.73 Å². The average Bonchev–Trinajstić information content (AvgIpc) is 2.52. The van der Waals surface area contributed by atoms with E-state index in [9.17, 15) is 4.39 Å². The molecule has 0 aliphatic carbocycles. The Balaban J connectivity index is 1.88. The van der Waals surface area contributed by atoms with Crippen LogP contribution < -0.4 is 10.5 Å². The summed E-state index contributed by atoms with van der Waals surface area (Å²) in [4.78, 5) is 0. The van der Waals surface area contributed by atoms with Crippen molar-refractivity contribution in [3.63, 3.8) is 0 Å². The molecule has 3 heteroatoms. The molecule has 0 amide bonds. The number of hydrogen-bond donors (Lipinski definition) is 1. The first-order valence-corrected chi connectivity index (χ1v) is 8.17. The molecule has 1 atom stereocenters. The van der Waals surface area contributed by atoms with Gasteiger partial charge >= 0.3 is 0 Å². The molecule has 2 rings (SSSR count). The molecular formula is C20H26FNO. The summed E-state index contributed by atoms with van der Waals surface area (Å²) in [6.45, 7) is 7.44. The molecule has 0 radical (unpaired) electrons. The number of rotatable bonds is 7. The zero-order chi connectivity index (χ0) is 16.8. The maximum atomic E-state index is 13.3. The third-order valence-electron chi connectivity index (χ3n) is 4.35. The zero-order valence-corrected chi connectivity index (χ0v) is 14.2. The Hall–Kier alpha value is -1.87. The lowest BCUT2D eigenvalue weighted by molar-refractivity contribution is 0.299. The Morgan fingerprint density at radius 3 is 2.48 bits per heavy atom. The number of ether oxygens (including phenoxy) is 1. The van der Waals surface area contributed by atoms with Gasteiger partial charge in [0.05, 0.1) is 6.61 Å². The molecule has 2 aromatic carbocycles. The van der Waals surface area contributed by atoms with E-state index in [2.05, 4.69) is 32.9 Å². The average molecular weight is 315 g/mol. The molecule has 0 aromatic heterocycles. The quantitative estimate of drug-likeness (QED) is 0.755. The fraction of sp³-hybridized carbons (Fsp3) is 0.400. The van der Waals surface area contributed by atoms with Crippen LogP contribution in [0.4, 0.5) is 4.39 Å². The number of benzene rings is 2. The van der Waals surface area contributed by atoms with Crippen LogP contribution in [0, 0.1) is 26.6 Å². The maximum Gasteiger partial charge on any atom is 0.123 e. The maximum absolute atomic E-state index is 13.3. The van der Waals surface area contributed by atoms with Crippen LogP contribution in [0.3, 0.4) is 0 Å². The summed E-state index contributed by atoms with van der Waals surface area (Å²) < 4.78 is 19.2. The van der Waals surface area contributed by atoms with Crippen LogP contribution in [0.15, 0.2) is 36.4 Å². The summed E-state index contributed by atoms with van der Waals surface area (Å²) in [5.41, 5.74) is 10.5. The molecule has 0 spiro atoms. The highest BCUT2D eigenvalue weighted by molar-refractivity contribution is 5.40. The van der Waals surface area contributed by atoms with Crippen LogP contribution in [0.5, 0.6) is 5.75 Å². The number of hydrogen-bond acceptors (Lipinski definition) is 2. The summed E-state index contributed by atoms with van der Waals surface area (Å²) in [6, 6.07) is 11.0. The summed E-state index contributed by atoms with van der Waals surface area (Å²) in [5, 5.41) is 0. The van der Waals surface area contributed by atoms with Gasteiger partial charge in [0.1, 0.15) is 11.6 Å². The van der Waals surface area contributed by atoms with Gasteiger partial charge in [0.25, 0.3) is 0 Å². The van der Waals surface area contributed by atoms with Gasteiger partial charge in [0, 0.05) is 0 Å². The van der Waals surface area contributed by atoms with Gasteiger partial charge in [0.2, 0.25) is 0 Å². The van der Waals surface area contributed by atoms with Crippen LogP contribution in [-0.2, 0) is 0 Å².